The zero-order chi connectivity index (χ0) is 16.4. The standard InChI is InChI=1S/C12H18FN3O4S2/c1-21(17,18)15-12-4-3-10(9-11(12)13)22(19,20)16-7-2-5-14-6-8-16/h3-4,9,14-15H,2,5-8H2,1H3. The summed E-state index contributed by atoms with van der Waals surface area (Å²) in [5, 5.41) is 3.09. The summed E-state index contributed by atoms with van der Waals surface area (Å²) < 4.78 is 64.4. The van der Waals surface area contributed by atoms with Crippen molar-refractivity contribution in [2.24, 2.45) is 0 Å². The van der Waals surface area contributed by atoms with E-state index >= 15 is 0 Å². The Kier molecular flexibility index (Phi) is 5.05. The van der Waals surface area contributed by atoms with Gasteiger partial charge in [-0.2, -0.15) is 4.31 Å². The predicted octanol–water partition coefficient (Wildman–Crippen LogP) is 0.181. The second-order valence-corrected chi connectivity index (χ2v) is 8.71. The molecule has 0 aliphatic carbocycles. The van der Waals surface area contributed by atoms with E-state index in [0.717, 1.165) is 24.9 Å². The van der Waals surface area contributed by atoms with Crippen LogP contribution in [0.3, 0.4) is 0 Å². The summed E-state index contributed by atoms with van der Waals surface area (Å²) in [5.41, 5.74) is -0.279. The van der Waals surface area contributed by atoms with Gasteiger partial charge in [-0.15, -0.1) is 0 Å². The van der Waals surface area contributed by atoms with Crippen molar-refractivity contribution in [1.29, 1.82) is 0 Å². The van der Waals surface area contributed by atoms with Crippen LogP contribution < -0.4 is 10.0 Å². The van der Waals surface area contributed by atoms with E-state index in [0.29, 0.717) is 26.1 Å². The van der Waals surface area contributed by atoms with E-state index in [1.54, 1.807) is 0 Å². The number of nitrogens with one attached hydrogen (secondary N) is 2. The fourth-order valence-corrected chi connectivity index (χ4v) is 4.21. The van der Waals surface area contributed by atoms with Crippen molar-refractivity contribution in [3.63, 3.8) is 0 Å². The molecule has 2 N–H and O–H groups in total. The third kappa shape index (κ3) is 4.15. The van der Waals surface area contributed by atoms with E-state index < -0.39 is 25.9 Å². The molecule has 1 saturated heterocycles. The van der Waals surface area contributed by atoms with E-state index in [9.17, 15) is 21.2 Å². The van der Waals surface area contributed by atoms with Gasteiger partial charge in [-0.25, -0.2) is 21.2 Å². The van der Waals surface area contributed by atoms with Gasteiger partial charge < -0.3 is 5.32 Å². The number of benzene rings is 1. The minimum absolute atomic E-state index is 0.189. The first-order chi connectivity index (χ1) is 10.2. The monoisotopic (exact) mass is 351 g/mol. The summed E-state index contributed by atoms with van der Waals surface area (Å²) in [7, 11) is -7.42. The molecule has 0 bridgehead atoms. The van der Waals surface area contributed by atoms with E-state index in [1.165, 1.54) is 10.4 Å². The maximum absolute atomic E-state index is 13.9. The molecule has 1 aliphatic heterocycles. The topological polar surface area (TPSA) is 95.6 Å². The SMILES string of the molecule is CS(=O)(=O)Nc1ccc(S(=O)(=O)N2CCCNCC2)cc1F. The second kappa shape index (κ2) is 6.49. The molecule has 2 rings (SSSR count). The third-order valence-corrected chi connectivity index (χ3v) is 5.66. The van der Waals surface area contributed by atoms with Gasteiger partial charge in [0.05, 0.1) is 16.8 Å². The predicted molar refractivity (Wildman–Crippen MR) is 81.1 cm³/mol. The summed E-state index contributed by atoms with van der Waals surface area (Å²) >= 11 is 0. The molecule has 1 aliphatic rings. The lowest BCUT2D eigenvalue weighted by molar-refractivity contribution is 0.431. The molecule has 124 valence electrons. The Morgan fingerprint density at radius 1 is 1.18 bits per heavy atom. The van der Waals surface area contributed by atoms with Crippen molar-refractivity contribution in [3.8, 4) is 0 Å². The van der Waals surface area contributed by atoms with Crippen LogP contribution in [-0.2, 0) is 20.0 Å². The molecule has 0 aromatic heterocycles. The number of sulfonamides is 2. The number of nitrogens with zero attached hydrogens (tertiary/aromatic N) is 1. The smallest absolute Gasteiger partial charge is 0.243 e. The van der Waals surface area contributed by atoms with Crippen molar-refractivity contribution in [2.45, 2.75) is 11.3 Å². The first kappa shape index (κ1) is 17.1. The molecular formula is C12H18FN3O4S2. The number of hydrogen-bond acceptors (Lipinski definition) is 5. The Morgan fingerprint density at radius 3 is 2.55 bits per heavy atom. The lowest BCUT2D eigenvalue weighted by Gasteiger charge is -2.20. The van der Waals surface area contributed by atoms with Gasteiger partial charge in [0.1, 0.15) is 5.82 Å². The van der Waals surface area contributed by atoms with Gasteiger partial charge in [-0.05, 0) is 31.2 Å². The van der Waals surface area contributed by atoms with Gasteiger partial charge in [0.25, 0.3) is 0 Å². The second-order valence-electron chi connectivity index (χ2n) is 5.02. The van der Waals surface area contributed by atoms with Crippen molar-refractivity contribution < 1.29 is 21.2 Å². The van der Waals surface area contributed by atoms with Gasteiger partial charge in [-0.3, -0.25) is 4.72 Å². The molecule has 1 aromatic rings. The first-order valence-corrected chi connectivity index (χ1v) is 10.0. The molecule has 1 heterocycles. The average molecular weight is 351 g/mol. The molecule has 0 atom stereocenters. The molecule has 0 spiro atoms. The van der Waals surface area contributed by atoms with Crippen LogP contribution in [0.15, 0.2) is 23.1 Å². The van der Waals surface area contributed by atoms with Crippen molar-refractivity contribution in [2.75, 3.05) is 37.2 Å². The molecule has 1 aromatic carbocycles. The maximum atomic E-state index is 13.9. The van der Waals surface area contributed by atoms with Crippen LogP contribution in [0.1, 0.15) is 6.42 Å². The highest BCUT2D eigenvalue weighted by Crippen LogP contribution is 2.22. The van der Waals surface area contributed by atoms with Gasteiger partial charge in [0.2, 0.25) is 20.0 Å². The zero-order valence-corrected chi connectivity index (χ0v) is 13.7. The van der Waals surface area contributed by atoms with Crippen LogP contribution in [0.2, 0.25) is 0 Å². The van der Waals surface area contributed by atoms with Crippen LogP contribution in [0.5, 0.6) is 0 Å². The highest BCUT2D eigenvalue weighted by molar-refractivity contribution is 7.92. The Balaban J connectivity index is 2.30. The Bertz CT molecular complexity index is 742. The molecule has 0 unspecified atom stereocenters. The first-order valence-electron chi connectivity index (χ1n) is 6.68. The molecule has 0 radical (unpaired) electrons. The minimum Gasteiger partial charge on any atom is -0.315 e. The summed E-state index contributed by atoms with van der Waals surface area (Å²) in [5.74, 6) is -0.931. The Morgan fingerprint density at radius 2 is 1.91 bits per heavy atom. The van der Waals surface area contributed by atoms with Crippen molar-refractivity contribution >= 4 is 25.7 Å². The molecule has 0 amide bonds. The quantitative estimate of drug-likeness (QED) is 0.807. The summed E-state index contributed by atoms with van der Waals surface area (Å²) in [4.78, 5) is -0.189. The fourth-order valence-electron chi connectivity index (χ4n) is 2.15. The normalized spacial score (nSPS) is 17.9. The van der Waals surface area contributed by atoms with Gasteiger partial charge in [-0.1, -0.05) is 0 Å². The Hall–Kier alpha value is -1.23. The van der Waals surface area contributed by atoms with Crippen molar-refractivity contribution in [1.82, 2.24) is 9.62 Å². The van der Waals surface area contributed by atoms with E-state index in [1.807, 2.05) is 4.72 Å². The van der Waals surface area contributed by atoms with Crippen LogP contribution >= 0.6 is 0 Å². The summed E-state index contributed by atoms with van der Waals surface area (Å²) in [6.07, 6.45) is 1.57. The van der Waals surface area contributed by atoms with Gasteiger partial charge in [0, 0.05) is 19.6 Å². The maximum Gasteiger partial charge on any atom is 0.243 e. The summed E-state index contributed by atoms with van der Waals surface area (Å²) in [6.45, 7) is 1.95. The van der Waals surface area contributed by atoms with Crippen LogP contribution in [0, 0.1) is 5.82 Å². The molecule has 22 heavy (non-hydrogen) atoms. The highest BCUT2D eigenvalue weighted by atomic mass is 32.2. The number of halogens is 1. The minimum atomic E-state index is -3.79. The van der Waals surface area contributed by atoms with Gasteiger partial charge in [0.15, 0.2) is 0 Å². The summed E-state index contributed by atoms with van der Waals surface area (Å²) in [6, 6.07) is 3.14. The molecule has 0 saturated carbocycles. The number of hydrogen-bond donors (Lipinski definition) is 2. The largest absolute Gasteiger partial charge is 0.315 e. The molecule has 10 heteroatoms. The molecular weight excluding hydrogens is 333 g/mol. The lowest BCUT2D eigenvalue weighted by atomic mass is 10.3. The van der Waals surface area contributed by atoms with E-state index in [2.05, 4.69) is 5.32 Å². The number of rotatable bonds is 4. The molecule has 7 nitrogen and oxygen atoms in total. The Labute approximate surface area is 129 Å². The van der Waals surface area contributed by atoms with E-state index in [-0.39, 0.29) is 10.6 Å². The van der Waals surface area contributed by atoms with Crippen molar-refractivity contribution in [3.05, 3.63) is 24.0 Å². The number of anilines is 1. The average Bonchev–Trinajstić information content (AvgIpc) is 2.69. The zero-order valence-electron chi connectivity index (χ0n) is 12.0. The molecule has 1 fully saturated rings. The highest BCUT2D eigenvalue weighted by Gasteiger charge is 2.26. The fraction of sp³-hybridized carbons (Fsp3) is 0.500. The van der Waals surface area contributed by atoms with Crippen LogP contribution in [-0.4, -0.2) is 53.6 Å². The third-order valence-electron chi connectivity index (χ3n) is 3.17. The van der Waals surface area contributed by atoms with E-state index in [4.69, 9.17) is 0 Å². The lowest BCUT2D eigenvalue weighted by Crippen LogP contribution is -2.34. The van der Waals surface area contributed by atoms with Crippen LogP contribution in [0.4, 0.5) is 10.1 Å². The van der Waals surface area contributed by atoms with Crippen LogP contribution in [0.25, 0.3) is 0 Å². The van der Waals surface area contributed by atoms with Gasteiger partial charge >= 0.3 is 0 Å².